The molecule has 6 heteroatoms. The molecular weight excluding hydrogens is 340 g/mol. The average molecular weight is 359 g/mol. The number of halogens is 1. The molecule has 1 aromatic carbocycles. The Labute approximate surface area is 132 Å². The number of benzene rings is 1. The van der Waals surface area contributed by atoms with Crippen molar-refractivity contribution in [1.82, 2.24) is 0 Å². The van der Waals surface area contributed by atoms with Crippen molar-refractivity contribution in [2.24, 2.45) is 0 Å². The van der Waals surface area contributed by atoms with Gasteiger partial charge in [-0.15, -0.1) is 0 Å². The van der Waals surface area contributed by atoms with E-state index in [1.807, 2.05) is 6.92 Å². The van der Waals surface area contributed by atoms with Crippen LogP contribution in [0.4, 0.5) is 0 Å². The van der Waals surface area contributed by atoms with Crippen LogP contribution in [0.25, 0.3) is 0 Å². The molecule has 0 saturated carbocycles. The average Bonchev–Trinajstić information content (AvgIpc) is 2.40. The van der Waals surface area contributed by atoms with E-state index < -0.39 is 18.0 Å². The fourth-order valence-electron chi connectivity index (χ4n) is 1.91. The second-order valence-corrected chi connectivity index (χ2v) is 5.47. The highest BCUT2D eigenvalue weighted by atomic mass is 79.9. The number of carboxylic acid groups (broad SMARTS) is 1. The predicted molar refractivity (Wildman–Crippen MR) is 81.8 cm³/mol. The molecule has 0 aromatic heterocycles. The predicted octanol–water partition coefficient (Wildman–Crippen LogP) is 3.57. The SMILES string of the molecule is CCCC(Oc1c(C)cc(Br)cc1C(=O)O)C(=O)OCC. The lowest BCUT2D eigenvalue weighted by molar-refractivity contribution is -0.151. The number of hydrogen-bond donors (Lipinski definition) is 1. The molecule has 1 aromatic rings. The zero-order valence-corrected chi connectivity index (χ0v) is 13.9. The van der Waals surface area contributed by atoms with Crippen LogP contribution >= 0.6 is 15.9 Å². The number of hydrogen-bond acceptors (Lipinski definition) is 4. The Kier molecular flexibility index (Phi) is 6.68. The molecule has 1 atom stereocenters. The third-order valence-electron chi connectivity index (χ3n) is 2.83. The molecule has 0 aliphatic heterocycles. The fraction of sp³-hybridized carbons (Fsp3) is 0.467. The summed E-state index contributed by atoms with van der Waals surface area (Å²) < 4.78 is 11.3. The van der Waals surface area contributed by atoms with Crippen LogP contribution in [-0.2, 0) is 9.53 Å². The van der Waals surface area contributed by atoms with Gasteiger partial charge < -0.3 is 14.6 Å². The first-order chi connectivity index (χ1) is 9.90. The van der Waals surface area contributed by atoms with Gasteiger partial charge in [-0.25, -0.2) is 9.59 Å². The summed E-state index contributed by atoms with van der Waals surface area (Å²) in [5.74, 6) is -1.37. The van der Waals surface area contributed by atoms with Gasteiger partial charge in [0.15, 0.2) is 6.10 Å². The van der Waals surface area contributed by atoms with Gasteiger partial charge in [-0.1, -0.05) is 29.3 Å². The van der Waals surface area contributed by atoms with Gasteiger partial charge in [0.05, 0.1) is 6.61 Å². The minimum atomic E-state index is -1.10. The van der Waals surface area contributed by atoms with Gasteiger partial charge in [0.25, 0.3) is 0 Å². The Balaban J connectivity index is 3.13. The van der Waals surface area contributed by atoms with E-state index in [1.165, 1.54) is 6.07 Å². The maximum atomic E-state index is 11.9. The molecular formula is C15H19BrO5. The first-order valence-electron chi connectivity index (χ1n) is 6.77. The van der Waals surface area contributed by atoms with Crippen LogP contribution in [0.3, 0.4) is 0 Å². The van der Waals surface area contributed by atoms with Crippen LogP contribution in [0.1, 0.15) is 42.6 Å². The molecule has 5 nitrogen and oxygen atoms in total. The number of aromatic carboxylic acids is 1. The summed E-state index contributed by atoms with van der Waals surface area (Å²) in [5.41, 5.74) is 0.666. The largest absolute Gasteiger partial charge is 0.478 e. The zero-order valence-electron chi connectivity index (χ0n) is 12.3. The summed E-state index contributed by atoms with van der Waals surface area (Å²) in [5, 5.41) is 9.28. The second kappa shape index (κ2) is 8.02. The third kappa shape index (κ3) is 4.74. The van der Waals surface area contributed by atoms with Gasteiger partial charge in [-0.05, 0) is 38.0 Å². The van der Waals surface area contributed by atoms with E-state index in [2.05, 4.69) is 15.9 Å². The molecule has 0 saturated heterocycles. The first-order valence-corrected chi connectivity index (χ1v) is 7.56. The summed E-state index contributed by atoms with van der Waals surface area (Å²) in [6, 6.07) is 3.20. The number of carboxylic acids is 1. The molecule has 21 heavy (non-hydrogen) atoms. The molecule has 0 aliphatic carbocycles. The van der Waals surface area contributed by atoms with E-state index in [-0.39, 0.29) is 17.9 Å². The topological polar surface area (TPSA) is 72.8 Å². The third-order valence-corrected chi connectivity index (χ3v) is 3.29. The molecule has 1 N–H and O–H groups in total. The summed E-state index contributed by atoms with van der Waals surface area (Å²) in [6.45, 7) is 5.63. The lowest BCUT2D eigenvalue weighted by atomic mass is 10.1. The lowest BCUT2D eigenvalue weighted by Gasteiger charge is -2.20. The molecule has 1 rings (SSSR count). The fourth-order valence-corrected chi connectivity index (χ4v) is 2.48. The van der Waals surface area contributed by atoms with E-state index in [9.17, 15) is 14.7 Å². The van der Waals surface area contributed by atoms with Crippen molar-refractivity contribution in [2.75, 3.05) is 6.61 Å². The van der Waals surface area contributed by atoms with Crippen molar-refractivity contribution in [3.8, 4) is 5.75 Å². The minimum Gasteiger partial charge on any atom is -0.478 e. The van der Waals surface area contributed by atoms with E-state index in [0.717, 1.165) is 6.42 Å². The quantitative estimate of drug-likeness (QED) is 0.754. The molecule has 0 heterocycles. The van der Waals surface area contributed by atoms with Crippen LogP contribution in [-0.4, -0.2) is 29.8 Å². The monoisotopic (exact) mass is 358 g/mol. The van der Waals surface area contributed by atoms with Crippen molar-refractivity contribution in [3.05, 3.63) is 27.7 Å². The van der Waals surface area contributed by atoms with Gasteiger partial charge in [0, 0.05) is 4.47 Å². The van der Waals surface area contributed by atoms with E-state index in [1.54, 1.807) is 19.9 Å². The van der Waals surface area contributed by atoms with Crippen LogP contribution in [0, 0.1) is 6.92 Å². The highest BCUT2D eigenvalue weighted by Gasteiger charge is 2.25. The lowest BCUT2D eigenvalue weighted by Crippen LogP contribution is -2.30. The van der Waals surface area contributed by atoms with Gasteiger partial charge in [-0.2, -0.15) is 0 Å². The van der Waals surface area contributed by atoms with Gasteiger partial charge in [-0.3, -0.25) is 0 Å². The van der Waals surface area contributed by atoms with E-state index >= 15 is 0 Å². The van der Waals surface area contributed by atoms with Crippen molar-refractivity contribution in [2.45, 2.75) is 39.7 Å². The first kappa shape index (κ1) is 17.5. The zero-order chi connectivity index (χ0) is 16.0. The Bertz CT molecular complexity index is 527. The van der Waals surface area contributed by atoms with Crippen LogP contribution in [0.5, 0.6) is 5.75 Å². The Hall–Kier alpha value is -1.56. The summed E-state index contributed by atoms with van der Waals surface area (Å²) in [6.07, 6.45) is 0.391. The van der Waals surface area contributed by atoms with Crippen molar-refractivity contribution < 1.29 is 24.2 Å². The number of ether oxygens (including phenoxy) is 2. The minimum absolute atomic E-state index is 0.0206. The number of carbonyl (C=O) groups is 2. The maximum absolute atomic E-state index is 11.9. The van der Waals surface area contributed by atoms with Gasteiger partial charge in [0.2, 0.25) is 0 Å². The van der Waals surface area contributed by atoms with Gasteiger partial charge >= 0.3 is 11.9 Å². The molecule has 0 bridgehead atoms. The van der Waals surface area contributed by atoms with Crippen LogP contribution in [0.2, 0.25) is 0 Å². The van der Waals surface area contributed by atoms with Gasteiger partial charge in [0.1, 0.15) is 11.3 Å². The van der Waals surface area contributed by atoms with Crippen molar-refractivity contribution in [3.63, 3.8) is 0 Å². The van der Waals surface area contributed by atoms with Crippen LogP contribution < -0.4 is 4.74 Å². The highest BCUT2D eigenvalue weighted by Crippen LogP contribution is 2.29. The number of aryl methyl sites for hydroxylation is 1. The summed E-state index contributed by atoms with van der Waals surface area (Å²) >= 11 is 3.26. The number of esters is 1. The number of rotatable bonds is 7. The number of carbonyl (C=O) groups excluding carboxylic acids is 1. The Morgan fingerprint density at radius 3 is 2.52 bits per heavy atom. The summed E-state index contributed by atoms with van der Waals surface area (Å²) in [7, 11) is 0. The van der Waals surface area contributed by atoms with Crippen LogP contribution in [0.15, 0.2) is 16.6 Å². The molecule has 116 valence electrons. The second-order valence-electron chi connectivity index (χ2n) is 4.55. The molecule has 0 radical (unpaired) electrons. The summed E-state index contributed by atoms with van der Waals surface area (Å²) in [4.78, 5) is 23.2. The van der Waals surface area contributed by atoms with E-state index in [0.29, 0.717) is 16.5 Å². The molecule has 0 aliphatic rings. The highest BCUT2D eigenvalue weighted by molar-refractivity contribution is 9.10. The Morgan fingerprint density at radius 1 is 1.33 bits per heavy atom. The molecule has 0 spiro atoms. The molecule has 1 unspecified atom stereocenters. The van der Waals surface area contributed by atoms with Crippen molar-refractivity contribution >= 4 is 27.9 Å². The normalized spacial score (nSPS) is 11.8. The van der Waals surface area contributed by atoms with E-state index in [4.69, 9.17) is 9.47 Å². The Morgan fingerprint density at radius 2 is 2.00 bits per heavy atom. The molecule has 0 amide bonds. The van der Waals surface area contributed by atoms with Crippen molar-refractivity contribution in [1.29, 1.82) is 0 Å². The standard InChI is InChI=1S/C15H19BrO5/c1-4-6-12(15(19)20-5-2)21-13-9(3)7-10(16)8-11(13)14(17)18/h7-8,12H,4-6H2,1-3H3,(H,17,18). The smallest absolute Gasteiger partial charge is 0.347 e. The maximum Gasteiger partial charge on any atom is 0.347 e. The molecule has 0 fully saturated rings.